The molecule has 1 aliphatic carbocycles. The summed E-state index contributed by atoms with van der Waals surface area (Å²) >= 11 is 3.08. The summed E-state index contributed by atoms with van der Waals surface area (Å²) in [5, 5.41) is 11.0. The summed E-state index contributed by atoms with van der Waals surface area (Å²) in [6.07, 6.45) is 1.44. The first-order valence-electron chi connectivity index (χ1n) is 5.68. The molecule has 9 heteroatoms. The van der Waals surface area contributed by atoms with Crippen LogP contribution in [0.3, 0.4) is 0 Å². The molecule has 0 spiro atoms. The molecular weight excluding hydrogens is 354 g/mol. The summed E-state index contributed by atoms with van der Waals surface area (Å²) in [7, 11) is -2.70. The van der Waals surface area contributed by atoms with Crippen molar-refractivity contribution in [1.29, 1.82) is 0 Å². The summed E-state index contributed by atoms with van der Waals surface area (Å²) in [6.45, 7) is 0. The van der Waals surface area contributed by atoms with Gasteiger partial charge in [-0.2, -0.15) is 0 Å². The van der Waals surface area contributed by atoms with Gasteiger partial charge in [-0.3, -0.25) is 14.9 Å². The first kappa shape index (κ1) is 14.9. The number of thiol groups is 1. The van der Waals surface area contributed by atoms with Crippen molar-refractivity contribution < 1.29 is 22.9 Å². The summed E-state index contributed by atoms with van der Waals surface area (Å²) in [5.41, 5.74) is -0.175. The van der Waals surface area contributed by atoms with Gasteiger partial charge < -0.3 is 4.74 Å². The average Bonchev–Trinajstić information content (AvgIpc) is 3.14. The summed E-state index contributed by atoms with van der Waals surface area (Å²) in [6, 6.07) is 2.50. The lowest BCUT2D eigenvalue weighted by atomic mass is 10.2. The molecule has 0 amide bonds. The van der Waals surface area contributed by atoms with Crippen molar-refractivity contribution in [2.24, 2.45) is 5.92 Å². The van der Waals surface area contributed by atoms with Gasteiger partial charge in [0.1, 0.15) is 10.7 Å². The summed E-state index contributed by atoms with van der Waals surface area (Å²) in [4.78, 5) is 21.9. The van der Waals surface area contributed by atoms with Crippen LogP contribution in [-0.2, 0) is 21.3 Å². The normalized spacial score (nSPS) is 14.3. The van der Waals surface area contributed by atoms with E-state index < -0.39 is 27.3 Å². The molecule has 0 atom stereocenters. The van der Waals surface area contributed by atoms with Gasteiger partial charge in [0.15, 0.2) is 0 Å². The van der Waals surface area contributed by atoms with Crippen LogP contribution in [-0.4, -0.2) is 19.3 Å². The largest absolute Gasteiger partial charge is 0.418 e. The van der Waals surface area contributed by atoms with Crippen LogP contribution in [0.2, 0.25) is 0 Å². The van der Waals surface area contributed by atoms with Crippen LogP contribution >= 0.6 is 15.9 Å². The van der Waals surface area contributed by atoms with Crippen LogP contribution in [0.15, 0.2) is 16.6 Å². The van der Waals surface area contributed by atoms with Crippen LogP contribution in [0.5, 0.6) is 5.75 Å². The minimum absolute atomic E-state index is 0.184. The summed E-state index contributed by atoms with van der Waals surface area (Å²) < 4.78 is 26.6. The fraction of sp³-hybridized carbons (Fsp3) is 0.364. The lowest BCUT2D eigenvalue weighted by molar-refractivity contribution is -0.385. The van der Waals surface area contributed by atoms with E-state index in [-0.39, 0.29) is 27.5 Å². The van der Waals surface area contributed by atoms with Crippen molar-refractivity contribution in [2.45, 2.75) is 18.6 Å². The molecule has 0 bridgehead atoms. The fourth-order valence-corrected chi connectivity index (χ4v) is 2.67. The molecule has 20 heavy (non-hydrogen) atoms. The molecule has 1 aromatic carbocycles. The summed E-state index contributed by atoms with van der Waals surface area (Å²) in [5.74, 6) is -1.20. The molecule has 0 aromatic heterocycles. The number of ether oxygens (including phenoxy) is 1. The van der Waals surface area contributed by atoms with Crippen molar-refractivity contribution in [2.75, 3.05) is 0 Å². The number of hydrogen-bond donors (Lipinski definition) is 1. The fourth-order valence-electron chi connectivity index (χ4n) is 1.61. The molecule has 1 aliphatic rings. The Morgan fingerprint density at radius 2 is 2.10 bits per heavy atom. The van der Waals surface area contributed by atoms with Gasteiger partial charge in [-0.25, -0.2) is 8.42 Å². The Kier molecular flexibility index (Phi) is 4.39. The number of nitro benzene ring substituents is 1. The van der Waals surface area contributed by atoms with E-state index in [0.29, 0.717) is 0 Å². The number of nitrogens with zero attached hydrogens (tertiary/aromatic N) is 1. The maximum Gasteiger partial charge on any atom is 0.314 e. The van der Waals surface area contributed by atoms with E-state index in [4.69, 9.17) is 4.74 Å². The minimum Gasteiger partial charge on any atom is -0.418 e. The highest BCUT2D eigenvalue weighted by atomic mass is 79.9. The number of esters is 1. The van der Waals surface area contributed by atoms with Gasteiger partial charge in [0, 0.05) is 6.07 Å². The first-order valence-corrected chi connectivity index (χ1v) is 7.84. The van der Waals surface area contributed by atoms with E-state index in [0.717, 1.165) is 18.9 Å². The van der Waals surface area contributed by atoms with Gasteiger partial charge in [-0.15, -0.1) is 0 Å². The number of benzene rings is 1. The molecule has 0 unspecified atom stereocenters. The van der Waals surface area contributed by atoms with E-state index in [1.54, 1.807) is 0 Å². The molecule has 0 heterocycles. The van der Waals surface area contributed by atoms with E-state index in [9.17, 15) is 23.3 Å². The topological polar surface area (TPSA) is 104 Å². The van der Waals surface area contributed by atoms with Gasteiger partial charge in [-0.1, -0.05) is 0 Å². The van der Waals surface area contributed by atoms with Crippen molar-refractivity contribution in [3.8, 4) is 5.75 Å². The Morgan fingerprint density at radius 3 is 2.60 bits per heavy atom. The molecule has 2 rings (SSSR count). The molecule has 108 valence electrons. The Balaban J connectivity index is 2.38. The molecule has 0 saturated heterocycles. The maximum absolute atomic E-state index is 11.6. The second kappa shape index (κ2) is 5.88. The van der Waals surface area contributed by atoms with E-state index in [1.807, 2.05) is 0 Å². The molecule has 1 fully saturated rings. The zero-order valence-electron chi connectivity index (χ0n) is 10.1. The Morgan fingerprint density at radius 1 is 1.45 bits per heavy atom. The zero-order chi connectivity index (χ0) is 14.9. The SMILES string of the molecule is O=C(Oc1c(Br)cc(C[SH](=O)=O)cc1[N+](=O)[O-])C1CC1. The number of nitro groups is 1. The lowest BCUT2D eigenvalue weighted by Crippen LogP contribution is -2.11. The van der Waals surface area contributed by atoms with E-state index in [2.05, 4.69) is 15.9 Å². The number of hydrogen-bond acceptors (Lipinski definition) is 6. The van der Waals surface area contributed by atoms with Crippen molar-refractivity contribution in [3.63, 3.8) is 0 Å². The van der Waals surface area contributed by atoms with Gasteiger partial charge >= 0.3 is 11.7 Å². The van der Waals surface area contributed by atoms with Crippen LogP contribution in [0.1, 0.15) is 18.4 Å². The van der Waals surface area contributed by atoms with Crippen LogP contribution in [0.25, 0.3) is 0 Å². The highest BCUT2D eigenvalue weighted by Gasteiger charge is 2.34. The highest BCUT2D eigenvalue weighted by molar-refractivity contribution is 9.10. The quantitative estimate of drug-likeness (QED) is 0.281. The smallest absolute Gasteiger partial charge is 0.314 e. The van der Waals surface area contributed by atoms with Gasteiger partial charge in [-0.05, 0) is 40.4 Å². The second-order valence-corrected chi connectivity index (χ2v) is 6.21. The number of carbonyl (C=O) groups is 1. The van der Waals surface area contributed by atoms with Crippen LogP contribution in [0, 0.1) is 16.0 Å². The predicted molar refractivity (Wildman–Crippen MR) is 73.2 cm³/mol. The standard InChI is InChI=1S/C11H10BrNO6S/c12-8-3-6(5-20(17)18)4-9(13(15)16)10(8)19-11(14)7-1-2-7/h3-4,7,20H,1-2,5H2. The minimum atomic E-state index is -2.70. The number of carbonyl (C=O) groups excluding carboxylic acids is 1. The predicted octanol–water partition coefficient (Wildman–Crippen LogP) is 1.78. The lowest BCUT2D eigenvalue weighted by Gasteiger charge is -2.08. The monoisotopic (exact) mass is 363 g/mol. The Labute approximate surface area is 124 Å². The third-order valence-corrected chi connectivity index (χ3v) is 3.92. The number of rotatable bonds is 5. The van der Waals surface area contributed by atoms with E-state index >= 15 is 0 Å². The highest BCUT2D eigenvalue weighted by Crippen LogP contribution is 2.39. The molecule has 1 saturated carbocycles. The number of halogens is 1. The Bertz CT molecular complexity index is 645. The van der Waals surface area contributed by atoms with E-state index in [1.165, 1.54) is 6.07 Å². The molecule has 0 N–H and O–H groups in total. The van der Waals surface area contributed by atoms with Crippen molar-refractivity contribution in [3.05, 3.63) is 32.3 Å². The molecule has 1 aromatic rings. The third-order valence-electron chi connectivity index (χ3n) is 2.71. The van der Waals surface area contributed by atoms with Crippen molar-refractivity contribution >= 4 is 38.3 Å². The van der Waals surface area contributed by atoms with Gasteiger partial charge in [0.05, 0.1) is 21.1 Å². The van der Waals surface area contributed by atoms with Crippen LogP contribution in [0.4, 0.5) is 5.69 Å². The average molecular weight is 364 g/mol. The molecule has 0 radical (unpaired) electrons. The molecular formula is C11H10BrNO6S. The second-order valence-electron chi connectivity index (χ2n) is 4.37. The van der Waals surface area contributed by atoms with Crippen molar-refractivity contribution in [1.82, 2.24) is 0 Å². The molecule has 7 nitrogen and oxygen atoms in total. The van der Waals surface area contributed by atoms with Crippen LogP contribution < -0.4 is 4.74 Å². The maximum atomic E-state index is 11.6. The van der Waals surface area contributed by atoms with Gasteiger partial charge in [0.25, 0.3) is 0 Å². The Hall–Kier alpha value is -1.48. The van der Waals surface area contributed by atoms with Gasteiger partial charge in [0.2, 0.25) is 5.75 Å². The first-order chi connectivity index (χ1) is 9.38. The molecule has 0 aliphatic heterocycles. The third kappa shape index (κ3) is 3.54. The zero-order valence-corrected chi connectivity index (χ0v) is 12.6.